The zero-order valence-corrected chi connectivity index (χ0v) is 34.3. The third-order valence-corrected chi connectivity index (χ3v) is 12.5. The van der Waals surface area contributed by atoms with E-state index in [0.717, 1.165) is 0 Å². The Hall–Kier alpha value is -1.34. The summed E-state index contributed by atoms with van der Waals surface area (Å²) in [5.74, 6) is -4.80. The Morgan fingerprint density at radius 1 is 0.792 bits per heavy atom. The monoisotopic (exact) mass is 763 g/mol. The van der Waals surface area contributed by atoms with E-state index in [2.05, 4.69) is 0 Å². The zero-order valence-electron chi connectivity index (χ0n) is 34.3. The molecule has 1 unspecified atom stereocenters. The number of rotatable bonds is 8. The minimum Gasteiger partial charge on any atom is -0.459 e. The number of aliphatic hydroxyl groups excluding tert-OH is 3. The fourth-order valence-electron chi connectivity index (χ4n) is 8.60. The van der Waals surface area contributed by atoms with Crippen molar-refractivity contribution < 1.29 is 68.3 Å². The number of cyclic esters (lactones) is 1. The van der Waals surface area contributed by atoms with E-state index >= 15 is 0 Å². The van der Waals surface area contributed by atoms with Crippen molar-refractivity contribution >= 4 is 11.8 Å². The summed E-state index contributed by atoms with van der Waals surface area (Å²) in [5.41, 5.74) is -6.12. The SMILES string of the molecule is CC[C@H]1OC(=O)[C@H](C)[C@@H](O[C@H]2C[C@@](C)(OC)[C@@H](O)[C@H](C)O2)[C@H](C)[C@@H](O[C@@H]2O[C@H](C)CC(O)(N(C)C)[C@H]2O)[C@](C)(OC)C[C@@H](C)C(=O)[C@H](C)[C@@H](O)[C@]1(C)O. The minimum absolute atomic E-state index is 0.0422. The van der Waals surface area contributed by atoms with Gasteiger partial charge in [0.05, 0.1) is 47.6 Å². The molecule has 3 aliphatic heterocycles. The van der Waals surface area contributed by atoms with Crippen LogP contribution in [-0.4, -0.2) is 154 Å². The van der Waals surface area contributed by atoms with Gasteiger partial charge in [-0.25, -0.2) is 0 Å². The maximum atomic E-state index is 14.2. The fraction of sp³-hybridized carbons (Fsp3) is 0.947. The van der Waals surface area contributed by atoms with E-state index in [0.29, 0.717) is 0 Å². The van der Waals surface area contributed by atoms with Crippen LogP contribution in [0.4, 0.5) is 0 Å². The molecule has 0 amide bonds. The first-order chi connectivity index (χ1) is 24.3. The van der Waals surface area contributed by atoms with Crippen molar-refractivity contribution in [3.05, 3.63) is 0 Å². The fourth-order valence-corrected chi connectivity index (χ4v) is 8.60. The Labute approximate surface area is 315 Å². The van der Waals surface area contributed by atoms with Crippen molar-refractivity contribution in [3.63, 3.8) is 0 Å². The molecule has 0 spiro atoms. The molecule has 15 heteroatoms. The lowest BCUT2D eigenvalue weighted by atomic mass is 9.74. The summed E-state index contributed by atoms with van der Waals surface area (Å²) in [6.45, 7) is 16.6. The van der Waals surface area contributed by atoms with Crippen molar-refractivity contribution in [1.29, 1.82) is 0 Å². The van der Waals surface area contributed by atoms with Crippen LogP contribution in [0.25, 0.3) is 0 Å². The van der Waals surface area contributed by atoms with Gasteiger partial charge in [-0.2, -0.15) is 0 Å². The van der Waals surface area contributed by atoms with Gasteiger partial charge < -0.3 is 58.7 Å². The maximum absolute atomic E-state index is 14.2. The number of likely N-dealkylation sites (N-methyl/N-ethyl adjacent to an activating group) is 1. The number of Topliss-reactive ketones (excluding diaryl/α,β-unsaturated/α-hetero) is 1. The second-order valence-corrected chi connectivity index (χ2v) is 16.8. The van der Waals surface area contributed by atoms with Gasteiger partial charge in [-0.15, -0.1) is 0 Å². The Kier molecular flexibility index (Phi) is 15.1. The highest BCUT2D eigenvalue weighted by molar-refractivity contribution is 5.83. The van der Waals surface area contributed by atoms with Gasteiger partial charge >= 0.3 is 5.97 Å². The van der Waals surface area contributed by atoms with E-state index in [1.807, 2.05) is 0 Å². The van der Waals surface area contributed by atoms with Crippen LogP contribution in [0.1, 0.15) is 94.9 Å². The number of hydrogen-bond acceptors (Lipinski definition) is 15. The lowest BCUT2D eigenvalue weighted by Gasteiger charge is -2.51. The molecule has 15 nitrogen and oxygen atoms in total. The van der Waals surface area contributed by atoms with Crippen LogP contribution in [0.3, 0.4) is 0 Å². The molecule has 0 aliphatic carbocycles. The van der Waals surface area contributed by atoms with E-state index in [1.54, 1.807) is 69.5 Å². The van der Waals surface area contributed by atoms with Gasteiger partial charge in [0.15, 0.2) is 18.3 Å². The summed E-state index contributed by atoms with van der Waals surface area (Å²) in [7, 11) is 6.22. The third kappa shape index (κ3) is 9.29. The standard InChI is InChI=1S/C38H69NO14/c1-15-25-37(10,45)29(41)21(4)27(40)19(2)16-36(9,48-14)32(53-34-31(43)38(46,39(11)12)17-20(3)49-34)22(5)28(23(6)33(44)51-25)52-26-18-35(8,47-13)30(42)24(7)50-26/h19-26,28-32,34,41-43,45-46H,15-18H2,1-14H3/t19-,20-,21+,22+,23-,24+,25-,26+,28+,29-,30+,31+,32-,34+,35-,36-,37-,38?/m1/s1. The number of carbonyl (C=O) groups excluding carboxylic acids is 2. The summed E-state index contributed by atoms with van der Waals surface area (Å²) < 4.78 is 43.6. The summed E-state index contributed by atoms with van der Waals surface area (Å²) in [6, 6.07) is 0. The molecule has 18 atom stereocenters. The van der Waals surface area contributed by atoms with Crippen LogP contribution in [0.2, 0.25) is 0 Å². The number of carbonyl (C=O) groups is 2. The first kappa shape index (κ1) is 46.0. The molecule has 3 aliphatic rings. The van der Waals surface area contributed by atoms with E-state index in [4.69, 9.17) is 33.2 Å². The van der Waals surface area contributed by atoms with Gasteiger partial charge in [0.25, 0.3) is 0 Å². The molecule has 0 saturated carbocycles. The predicted octanol–water partition coefficient (Wildman–Crippen LogP) is 1.76. The van der Waals surface area contributed by atoms with Crippen LogP contribution in [0.15, 0.2) is 0 Å². The zero-order chi connectivity index (χ0) is 40.6. The highest BCUT2D eigenvalue weighted by atomic mass is 16.7. The Balaban J connectivity index is 2.24. The number of methoxy groups -OCH3 is 2. The normalized spacial score (nSPS) is 49.7. The molecular formula is C38H69NO14. The molecule has 0 aromatic carbocycles. The molecule has 3 saturated heterocycles. The molecule has 3 rings (SSSR count). The molecule has 5 N–H and O–H groups in total. The van der Waals surface area contributed by atoms with Crippen LogP contribution >= 0.6 is 0 Å². The van der Waals surface area contributed by atoms with Gasteiger partial charge in [-0.05, 0) is 68.5 Å². The van der Waals surface area contributed by atoms with Gasteiger partial charge in [-0.1, -0.05) is 27.7 Å². The highest BCUT2D eigenvalue weighted by Crippen LogP contribution is 2.42. The quantitative estimate of drug-likeness (QED) is 0.177. The van der Waals surface area contributed by atoms with E-state index < -0.39 is 114 Å². The van der Waals surface area contributed by atoms with Gasteiger partial charge in [-0.3, -0.25) is 14.5 Å². The largest absolute Gasteiger partial charge is 0.459 e. The molecule has 310 valence electrons. The van der Waals surface area contributed by atoms with Crippen LogP contribution < -0.4 is 0 Å². The number of ketones is 1. The van der Waals surface area contributed by atoms with E-state index in [-0.39, 0.29) is 31.5 Å². The second kappa shape index (κ2) is 17.4. The van der Waals surface area contributed by atoms with Gasteiger partial charge in [0, 0.05) is 44.8 Å². The molecule has 0 aromatic rings. The Morgan fingerprint density at radius 2 is 1.38 bits per heavy atom. The van der Waals surface area contributed by atoms with Crippen LogP contribution in [-0.2, 0) is 42.7 Å². The predicted molar refractivity (Wildman–Crippen MR) is 192 cm³/mol. The lowest BCUT2D eigenvalue weighted by Crippen LogP contribution is -2.66. The minimum atomic E-state index is -1.99. The number of ether oxygens (including phenoxy) is 7. The third-order valence-electron chi connectivity index (χ3n) is 12.5. The first-order valence-electron chi connectivity index (χ1n) is 19.0. The average Bonchev–Trinajstić information content (AvgIpc) is 3.10. The molecule has 0 bridgehead atoms. The van der Waals surface area contributed by atoms with Crippen molar-refractivity contribution in [2.24, 2.45) is 23.7 Å². The average molecular weight is 764 g/mol. The first-order valence-corrected chi connectivity index (χ1v) is 19.0. The van der Waals surface area contributed by atoms with Gasteiger partial charge in [0.2, 0.25) is 0 Å². The number of hydrogen-bond donors (Lipinski definition) is 5. The number of aliphatic hydroxyl groups is 5. The van der Waals surface area contributed by atoms with Crippen molar-refractivity contribution in [2.45, 2.75) is 179 Å². The molecule has 3 heterocycles. The van der Waals surface area contributed by atoms with Crippen LogP contribution in [0, 0.1) is 23.7 Å². The molecule has 0 aromatic heterocycles. The lowest BCUT2D eigenvalue weighted by molar-refractivity contribution is -0.349. The topological polar surface area (TPSA) is 203 Å². The summed E-state index contributed by atoms with van der Waals surface area (Å²) in [4.78, 5) is 29.7. The second-order valence-electron chi connectivity index (χ2n) is 16.8. The summed E-state index contributed by atoms with van der Waals surface area (Å²) >= 11 is 0. The van der Waals surface area contributed by atoms with Crippen LogP contribution in [0.5, 0.6) is 0 Å². The molecule has 0 radical (unpaired) electrons. The van der Waals surface area contributed by atoms with E-state index in [9.17, 15) is 35.1 Å². The van der Waals surface area contributed by atoms with Crippen molar-refractivity contribution in [3.8, 4) is 0 Å². The molecular weight excluding hydrogens is 694 g/mol. The van der Waals surface area contributed by atoms with Gasteiger partial charge in [0.1, 0.15) is 29.7 Å². The summed E-state index contributed by atoms with van der Waals surface area (Å²) in [5, 5.41) is 57.2. The van der Waals surface area contributed by atoms with Crippen molar-refractivity contribution in [2.75, 3.05) is 28.3 Å². The van der Waals surface area contributed by atoms with Crippen molar-refractivity contribution in [1.82, 2.24) is 4.90 Å². The Morgan fingerprint density at radius 3 is 1.91 bits per heavy atom. The molecule has 53 heavy (non-hydrogen) atoms. The molecule has 3 fully saturated rings. The smallest absolute Gasteiger partial charge is 0.311 e. The maximum Gasteiger partial charge on any atom is 0.311 e. The summed E-state index contributed by atoms with van der Waals surface area (Å²) in [6.07, 6.45) is -10.8. The number of nitrogens with zero attached hydrogens (tertiary/aromatic N) is 1. The number of esters is 1. The Bertz CT molecular complexity index is 1240. The van der Waals surface area contributed by atoms with E-state index in [1.165, 1.54) is 33.0 Å². The highest BCUT2D eigenvalue weighted by Gasteiger charge is 2.56.